The van der Waals surface area contributed by atoms with Crippen molar-refractivity contribution in [2.45, 2.75) is 4.90 Å². The van der Waals surface area contributed by atoms with Crippen LogP contribution < -0.4 is 5.73 Å². The number of methoxy groups -OCH3 is 2. The lowest BCUT2D eigenvalue weighted by Crippen LogP contribution is -1.95. The van der Waals surface area contributed by atoms with Crippen molar-refractivity contribution in [1.82, 2.24) is 0 Å². The van der Waals surface area contributed by atoms with Gasteiger partial charge in [-0.15, -0.1) is 0 Å². The molecule has 3 rings (SSSR count). The minimum absolute atomic E-state index is 0.691. The van der Waals surface area contributed by atoms with Crippen LogP contribution in [-0.2, 0) is 9.47 Å². The molecule has 113 valence electrons. The number of hydrogen-bond donors (Lipinski definition) is 2. The van der Waals surface area contributed by atoms with E-state index in [-0.39, 0.29) is 0 Å². The number of rotatable bonds is 4. The first kappa shape index (κ1) is 14.6. The van der Waals surface area contributed by atoms with Gasteiger partial charge in [0.15, 0.2) is 11.5 Å². The Labute approximate surface area is 133 Å². The third kappa shape index (κ3) is 2.57. The highest BCUT2D eigenvalue weighted by atomic mass is 32.2. The fourth-order valence-corrected chi connectivity index (χ4v) is 4.76. The van der Waals surface area contributed by atoms with E-state index in [4.69, 9.17) is 15.2 Å². The standard InChI is InChI=1S/C18H18NO2S/c1-20-16-12-22(15-10-8-14(19)9-11-15)18(17(16)21-2)13-6-4-3-5-7-13/h3-4,6-12,22H,19H2,1-2H3. The summed E-state index contributed by atoms with van der Waals surface area (Å²) in [6.45, 7) is 0. The number of ether oxygens (including phenoxy) is 2. The predicted molar refractivity (Wildman–Crippen MR) is 92.4 cm³/mol. The summed E-state index contributed by atoms with van der Waals surface area (Å²) in [7, 11) is 2.65. The van der Waals surface area contributed by atoms with Gasteiger partial charge in [-0.2, -0.15) is 10.9 Å². The Balaban J connectivity index is 2.13. The van der Waals surface area contributed by atoms with E-state index in [1.165, 1.54) is 4.90 Å². The van der Waals surface area contributed by atoms with E-state index >= 15 is 0 Å². The van der Waals surface area contributed by atoms with Crippen LogP contribution in [0.1, 0.15) is 5.56 Å². The third-order valence-corrected chi connectivity index (χ3v) is 5.79. The lowest BCUT2D eigenvalue weighted by molar-refractivity contribution is 0.224. The van der Waals surface area contributed by atoms with Crippen LogP contribution in [0.4, 0.5) is 5.69 Å². The van der Waals surface area contributed by atoms with Crippen LogP contribution in [-0.4, -0.2) is 14.2 Å². The average Bonchev–Trinajstić information content (AvgIpc) is 2.95. The minimum atomic E-state index is -0.691. The molecule has 1 atom stereocenters. The molecule has 0 saturated carbocycles. The van der Waals surface area contributed by atoms with Gasteiger partial charge >= 0.3 is 0 Å². The summed E-state index contributed by atoms with van der Waals surface area (Å²) in [6.07, 6.45) is 0. The highest BCUT2D eigenvalue weighted by Crippen LogP contribution is 2.57. The van der Waals surface area contributed by atoms with Crippen molar-refractivity contribution >= 4 is 21.5 Å². The second kappa shape index (κ2) is 6.20. The summed E-state index contributed by atoms with van der Waals surface area (Å²) in [6, 6.07) is 19.0. The normalized spacial score (nSPS) is 19.0. The third-order valence-electron chi connectivity index (χ3n) is 3.50. The van der Waals surface area contributed by atoms with E-state index in [0.29, 0.717) is 0 Å². The molecule has 0 spiro atoms. The van der Waals surface area contributed by atoms with Crippen molar-refractivity contribution in [2.24, 2.45) is 0 Å². The van der Waals surface area contributed by atoms with E-state index in [1.807, 2.05) is 30.3 Å². The predicted octanol–water partition coefficient (Wildman–Crippen LogP) is 3.95. The average molecular weight is 312 g/mol. The largest absolute Gasteiger partial charge is 0.492 e. The van der Waals surface area contributed by atoms with Gasteiger partial charge in [-0.05, 0) is 46.9 Å². The summed E-state index contributed by atoms with van der Waals surface area (Å²) in [5.41, 5.74) is 7.67. The topological polar surface area (TPSA) is 44.5 Å². The van der Waals surface area contributed by atoms with Crippen molar-refractivity contribution in [3.8, 4) is 0 Å². The molecule has 0 saturated heterocycles. The Hall–Kier alpha value is -2.33. The van der Waals surface area contributed by atoms with Crippen LogP contribution >= 0.6 is 10.9 Å². The molecule has 0 aliphatic carbocycles. The highest BCUT2D eigenvalue weighted by Gasteiger charge is 2.28. The number of benzene rings is 2. The molecule has 2 N–H and O–H groups in total. The Bertz CT molecular complexity index is 721. The van der Waals surface area contributed by atoms with Crippen molar-refractivity contribution in [3.05, 3.63) is 77.1 Å². The molecule has 0 aromatic heterocycles. The summed E-state index contributed by atoms with van der Waals surface area (Å²) in [5.74, 6) is 1.58. The first-order chi connectivity index (χ1) is 10.7. The second-order valence-electron chi connectivity index (χ2n) is 4.83. The first-order valence-electron chi connectivity index (χ1n) is 6.90. The van der Waals surface area contributed by atoms with Crippen LogP contribution in [0.3, 0.4) is 0 Å². The fourth-order valence-electron chi connectivity index (χ4n) is 2.46. The molecule has 22 heavy (non-hydrogen) atoms. The Morgan fingerprint density at radius 3 is 2.41 bits per heavy atom. The van der Waals surface area contributed by atoms with Gasteiger partial charge in [0.1, 0.15) is 0 Å². The van der Waals surface area contributed by atoms with E-state index in [0.717, 1.165) is 27.7 Å². The van der Waals surface area contributed by atoms with Gasteiger partial charge in [0.2, 0.25) is 0 Å². The van der Waals surface area contributed by atoms with Gasteiger partial charge in [-0.3, -0.25) is 0 Å². The molecule has 0 bridgehead atoms. The van der Waals surface area contributed by atoms with Gasteiger partial charge in [0.05, 0.1) is 14.2 Å². The molecular weight excluding hydrogens is 294 g/mol. The number of nitrogens with two attached hydrogens (primary N) is 1. The van der Waals surface area contributed by atoms with Crippen molar-refractivity contribution < 1.29 is 9.47 Å². The molecule has 0 amide bonds. The number of nitrogen functional groups attached to an aromatic ring is 1. The Morgan fingerprint density at radius 1 is 1.05 bits per heavy atom. The number of anilines is 1. The van der Waals surface area contributed by atoms with Gasteiger partial charge in [0, 0.05) is 16.0 Å². The Kier molecular flexibility index (Phi) is 4.11. The summed E-state index contributed by atoms with van der Waals surface area (Å²) >= 11 is 0. The van der Waals surface area contributed by atoms with Crippen LogP contribution in [0.5, 0.6) is 0 Å². The highest BCUT2D eigenvalue weighted by molar-refractivity contribution is 8.27. The summed E-state index contributed by atoms with van der Waals surface area (Å²) in [5, 5.41) is 2.14. The molecule has 0 fully saturated rings. The molecule has 1 radical (unpaired) electrons. The van der Waals surface area contributed by atoms with Gasteiger partial charge < -0.3 is 15.2 Å². The van der Waals surface area contributed by atoms with Crippen LogP contribution in [0.15, 0.2) is 70.4 Å². The zero-order chi connectivity index (χ0) is 15.5. The Morgan fingerprint density at radius 2 is 1.82 bits per heavy atom. The quantitative estimate of drug-likeness (QED) is 0.664. The lowest BCUT2D eigenvalue weighted by atomic mass is 10.2. The van der Waals surface area contributed by atoms with Gasteiger partial charge in [-0.25, -0.2) is 0 Å². The van der Waals surface area contributed by atoms with Crippen molar-refractivity contribution in [2.75, 3.05) is 20.0 Å². The van der Waals surface area contributed by atoms with Crippen LogP contribution in [0.25, 0.3) is 4.91 Å². The molecule has 1 aliphatic rings. The van der Waals surface area contributed by atoms with E-state index in [9.17, 15) is 0 Å². The maximum atomic E-state index is 5.80. The summed E-state index contributed by atoms with van der Waals surface area (Å²) < 4.78 is 11.1. The monoisotopic (exact) mass is 312 g/mol. The smallest absolute Gasteiger partial charge is 0.174 e. The first-order valence-corrected chi connectivity index (χ1v) is 8.31. The molecule has 3 nitrogen and oxygen atoms in total. The molecule has 1 aliphatic heterocycles. The van der Waals surface area contributed by atoms with Gasteiger partial charge in [-0.1, -0.05) is 18.2 Å². The molecular formula is C18H18NO2S. The minimum Gasteiger partial charge on any atom is -0.492 e. The summed E-state index contributed by atoms with van der Waals surface area (Å²) in [4.78, 5) is 2.36. The maximum absolute atomic E-state index is 5.80. The van der Waals surface area contributed by atoms with E-state index in [2.05, 4.69) is 29.7 Å². The van der Waals surface area contributed by atoms with Crippen molar-refractivity contribution in [3.63, 3.8) is 0 Å². The molecule has 2 aromatic carbocycles. The molecule has 2 aromatic rings. The zero-order valence-electron chi connectivity index (χ0n) is 12.5. The maximum Gasteiger partial charge on any atom is 0.174 e. The van der Waals surface area contributed by atoms with E-state index in [1.54, 1.807) is 14.2 Å². The second-order valence-corrected chi connectivity index (χ2v) is 6.79. The zero-order valence-corrected chi connectivity index (χ0v) is 13.4. The molecule has 1 heterocycles. The molecule has 4 heteroatoms. The molecule has 1 unspecified atom stereocenters. The number of thiol groups is 1. The van der Waals surface area contributed by atoms with Crippen LogP contribution in [0, 0.1) is 6.07 Å². The van der Waals surface area contributed by atoms with Crippen LogP contribution in [0.2, 0.25) is 0 Å². The van der Waals surface area contributed by atoms with Gasteiger partial charge in [0.25, 0.3) is 0 Å². The lowest BCUT2D eigenvalue weighted by Gasteiger charge is -2.19. The van der Waals surface area contributed by atoms with Crippen molar-refractivity contribution in [1.29, 1.82) is 0 Å². The van der Waals surface area contributed by atoms with E-state index < -0.39 is 10.9 Å². The SMILES string of the molecule is COC1=C[SH](c2ccc(N)cc2)C(c2c[c]ccc2)=C1OC. The fraction of sp³-hybridized carbons (Fsp3) is 0.111. The number of hydrogen-bond acceptors (Lipinski definition) is 3.